The van der Waals surface area contributed by atoms with E-state index in [0.717, 1.165) is 24.0 Å². The molecule has 36 heavy (non-hydrogen) atoms. The molecule has 0 unspecified atom stereocenters. The summed E-state index contributed by atoms with van der Waals surface area (Å²) in [6.07, 6.45) is 1.49. The van der Waals surface area contributed by atoms with Crippen LogP contribution in [0.25, 0.3) is 11.3 Å². The third-order valence-corrected chi connectivity index (χ3v) is 7.89. The number of likely N-dealkylation sites (N-methyl/N-ethyl adjacent to an activating group) is 1. The number of anilines is 1. The Hall–Kier alpha value is -3.47. The molecule has 1 amide bonds. The Morgan fingerprint density at radius 2 is 1.81 bits per heavy atom. The number of nitrogens with one attached hydrogen (secondary N) is 2. The summed E-state index contributed by atoms with van der Waals surface area (Å²) >= 11 is 0. The van der Waals surface area contributed by atoms with Crippen molar-refractivity contribution < 1.29 is 25.5 Å². The molecule has 2 aliphatic rings. The van der Waals surface area contributed by atoms with Crippen LogP contribution in [0, 0.1) is 0 Å². The molecule has 10 heteroatoms. The van der Waals surface area contributed by atoms with E-state index in [1.165, 1.54) is 0 Å². The number of sulfonamides is 1. The highest BCUT2D eigenvalue weighted by Gasteiger charge is 2.51. The number of fused-ring (bicyclic) bond motifs is 1. The number of carbonyl (C=O) groups excluding carboxylic acids is 1. The van der Waals surface area contributed by atoms with Gasteiger partial charge in [-0.1, -0.05) is 24.3 Å². The summed E-state index contributed by atoms with van der Waals surface area (Å²) in [6, 6.07) is 17.5. The number of benzene rings is 2. The van der Waals surface area contributed by atoms with Crippen molar-refractivity contribution in [3.63, 3.8) is 0 Å². The van der Waals surface area contributed by atoms with Crippen LogP contribution in [0.1, 0.15) is 21.3 Å². The number of rotatable bonds is 9. The number of hydrogen-bond acceptors (Lipinski definition) is 7. The zero-order chi connectivity index (χ0) is 25.3. The predicted octanol–water partition coefficient (Wildman–Crippen LogP) is 3.48. The molecule has 3 aromatic rings. The van der Waals surface area contributed by atoms with E-state index in [-0.39, 0.29) is 20.4 Å². The normalized spacial score (nSPS) is 15.6. The summed E-state index contributed by atoms with van der Waals surface area (Å²) in [4.78, 5) is 19.9. The smallest absolute Gasteiger partial charge is 0.240 e. The third-order valence-electron chi connectivity index (χ3n) is 6.41. The Labute approximate surface area is 213 Å². The van der Waals surface area contributed by atoms with Gasteiger partial charge in [0.05, 0.1) is 16.0 Å². The maximum Gasteiger partial charge on any atom is 0.240 e. The van der Waals surface area contributed by atoms with Crippen molar-refractivity contribution in [1.29, 1.82) is 0 Å². The van der Waals surface area contributed by atoms with Gasteiger partial charge in [-0.05, 0) is 68.9 Å². The fraction of sp³-hybridized carbons (Fsp3) is 0.308. The number of hydrogen-bond donors (Lipinski definition) is 2. The lowest BCUT2D eigenvalue weighted by atomic mass is 9.94. The molecule has 0 radical (unpaired) electrons. The van der Waals surface area contributed by atoms with Crippen LogP contribution in [0.2, 0.25) is 0 Å². The van der Waals surface area contributed by atoms with E-state index in [4.69, 9.17) is 9.47 Å². The van der Waals surface area contributed by atoms with Crippen LogP contribution in [-0.2, 0) is 20.2 Å². The fourth-order valence-corrected chi connectivity index (χ4v) is 5.18. The summed E-state index contributed by atoms with van der Waals surface area (Å²) in [6.45, 7) is 1.12. The molecule has 1 saturated carbocycles. The summed E-state index contributed by atoms with van der Waals surface area (Å²) in [5.41, 5.74) is 1.67. The van der Waals surface area contributed by atoms with Gasteiger partial charge in [-0.2, -0.15) is 0 Å². The van der Waals surface area contributed by atoms with Crippen molar-refractivity contribution in [1.82, 2.24) is 14.6 Å². The van der Waals surface area contributed by atoms with Crippen molar-refractivity contribution in [2.75, 3.05) is 39.3 Å². The van der Waals surface area contributed by atoms with Crippen molar-refractivity contribution >= 4 is 21.7 Å². The maximum absolute atomic E-state index is 13.2. The highest BCUT2D eigenvalue weighted by Crippen LogP contribution is 2.51. The molecule has 2 aromatic carbocycles. The fourth-order valence-electron chi connectivity index (χ4n) is 4.16. The first-order valence-electron chi connectivity index (χ1n) is 11.7. The monoisotopic (exact) mass is 512 g/mol. The minimum absolute atomic E-state index is 0. The molecule has 1 fully saturated rings. The van der Waals surface area contributed by atoms with Gasteiger partial charge >= 0.3 is 0 Å². The van der Waals surface area contributed by atoms with E-state index >= 15 is 0 Å². The third kappa shape index (κ3) is 4.92. The van der Waals surface area contributed by atoms with Gasteiger partial charge in [-0.15, -0.1) is 0 Å². The summed E-state index contributed by atoms with van der Waals surface area (Å²) in [5, 5.41) is 2.96. The van der Waals surface area contributed by atoms with Gasteiger partial charge in [-0.25, -0.2) is 18.1 Å². The lowest BCUT2D eigenvalue weighted by Crippen LogP contribution is -2.31. The van der Waals surface area contributed by atoms with Crippen LogP contribution in [0.15, 0.2) is 65.6 Å². The number of nitrogens with zero attached hydrogens (tertiary/aromatic N) is 2. The lowest BCUT2D eigenvalue weighted by molar-refractivity contribution is -0.118. The average Bonchev–Trinajstić information content (AvgIpc) is 3.55. The quantitative estimate of drug-likeness (QED) is 0.452. The molecule has 1 aliphatic heterocycles. The molecule has 1 aromatic heterocycles. The Morgan fingerprint density at radius 1 is 1.06 bits per heavy atom. The highest BCUT2D eigenvalue weighted by molar-refractivity contribution is 7.89. The molecular weight excluding hydrogens is 480 g/mol. The topological polar surface area (TPSA) is 110 Å². The van der Waals surface area contributed by atoms with Crippen molar-refractivity contribution in [3.8, 4) is 22.8 Å². The highest BCUT2D eigenvalue weighted by atomic mass is 32.2. The minimum Gasteiger partial charge on any atom is -0.454 e. The van der Waals surface area contributed by atoms with Gasteiger partial charge in [0, 0.05) is 21.5 Å². The second-order valence-corrected chi connectivity index (χ2v) is 11.0. The molecule has 0 bridgehead atoms. The maximum atomic E-state index is 13.2. The van der Waals surface area contributed by atoms with Crippen LogP contribution in [0.3, 0.4) is 0 Å². The van der Waals surface area contributed by atoms with Gasteiger partial charge in [0.15, 0.2) is 11.5 Å². The number of amides is 1. The first-order chi connectivity index (χ1) is 17.3. The molecule has 9 nitrogen and oxygen atoms in total. The average molecular weight is 513 g/mol. The van der Waals surface area contributed by atoms with Crippen LogP contribution >= 0.6 is 0 Å². The van der Waals surface area contributed by atoms with E-state index < -0.39 is 15.4 Å². The van der Waals surface area contributed by atoms with Crippen LogP contribution in [0.5, 0.6) is 11.5 Å². The Balaban J connectivity index is 0.00000200. The molecule has 5 rings (SSSR count). The molecule has 2 heterocycles. The van der Waals surface area contributed by atoms with E-state index in [1.54, 1.807) is 30.3 Å². The summed E-state index contributed by atoms with van der Waals surface area (Å²) in [7, 11) is 0.177. The molecule has 0 saturated heterocycles. The first-order valence-corrected chi connectivity index (χ1v) is 13.2. The Kier molecular flexibility index (Phi) is 6.42. The number of ether oxygens (including phenoxy) is 2. The first kappa shape index (κ1) is 24.2. The number of pyridine rings is 1. The second kappa shape index (κ2) is 9.53. The van der Waals surface area contributed by atoms with E-state index in [2.05, 4.69) is 15.0 Å². The zero-order valence-electron chi connectivity index (χ0n) is 20.2. The molecule has 2 N–H and O–H groups in total. The van der Waals surface area contributed by atoms with Crippen molar-refractivity contribution in [2.45, 2.75) is 23.2 Å². The van der Waals surface area contributed by atoms with E-state index in [0.29, 0.717) is 36.1 Å². The van der Waals surface area contributed by atoms with Gasteiger partial charge in [-0.3, -0.25) is 4.79 Å². The SMILES string of the molecule is CN(C)CCNS(=O)(=O)c1ccc(-c2cccc(NC(=O)C3(c4ccc5c(c4)OCO5)CC3)n2)cc1.[HH].[HH]. The number of carbonyl (C=O) groups is 1. The van der Waals surface area contributed by atoms with Crippen LogP contribution < -0.4 is 19.5 Å². The van der Waals surface area contributed by atoms with E-state index in [1.807, 2.05) is 49.3 Å². The van der Waals surface area contributed by atoms with Crippen molar-refractivity contribution in [3.05, 3.63) is 66.2 Å². The van der Waals surface area contributed by atoms with Gasteiger partial charge < -0.3 is 19.7 Å². The zero-order valence-corrected chi connectivity index (χ0v) is 21.0. The van der Waals surface area contributed by atoms with Crippen LogP contribution in [0.4, 0.5) is 5.82 Å². The summed E-state index contributed by atoms with van der Waals surface area (Å²) < 4.78 is 38.5. The molecular formula is C26H32N4O5S. The minimum atomic E-state index is -3.59. The van der Waals surface area contributed by atoms with Crippen molar-refractivity contribution in [2.24, 2.45) is 0 Å². The number of aromatic nitrogens is 1. The molecule has 192 valence electrons. The lowest BCUT2D eigenvalue weighted by Gasteiger charge is -2.16. The standard InChI is InChI=1S/C26H28N4O5S.2H2/c1-30(2)15-14-27-36(32,33)20-9-6-18(7-10-20)21-4-3-5-24(28-21)29-25(31)26(12-13-26)19-8-11-22-23(16-19)35-17-34-22;;/h3-11,16,27H,12-15,17H2,1-2H3,(H,28,29,31);2*1H. The van der Waals surface area contributed by atoms with Crippen LogP contribution in [-0.4, -0.2) is 58.2 Å². The second-order valence-electron chi connectivity index (χ2n) is 9.24. The van der Waals surface area contributed by atoms with Gasteiger partial charge in [0.25, 0.3) is 0 Å². The summed E-state index contributed by atoms with van der Waals surface area (Å²) in [5.74, 6) is 1.67. The van der Waals surface area contributed by atoms with Gasteiger partial charge in [0.1, 0.15) is 5.82 Å². The Morgan fingerprint density at radius 3 is 2.53 bits per heavy atom. The molecule has 1 aliphatic carbocycles. The molecule has 0 atom stereocenters. The molecule has 0 spiro atoms. The predicted molar refractivity (Wildman–Crippen MR) is 140 cm³/mol. The Bertz CT molecular complexity index is 1400. The van der Waals surface area contributed by atoms with E-state index in [9.17, 15) is 13.2 Å². The largest absolute Gasteiger partial charge is 0.454 e. The van der Waals surface area contributed by atoms with Gasteiger partial charge in [0.2, 0.25) is 22.7 Å².